The molecular formula is C42H23F4N. The van der Waals surface area contributed by atoms with Crippen molar-refractivity contribution in [3.63, 3.8) is 0 Å². The van der Waals surface area contributed by atoms with Crippen molar-refractivity contribution in [3.8, 4) is 11.1 Å². The van der Waals surface area contributed by atoms with Gasteiger partial charge in [0.25, 0.3) is 0 Å². The lowest BCUT2D eigenvalue weighted by Crippen LogP contribution is -2.12. The number of hydrogen-bond donors (Lipinski definition) is 0. The molecular weight excluding hydrogens is 594 g/mol. The van der Waals surface area contributed by atoms with E-state index in [1.165, 1.54) is 33.7 Å². The summed E-state index contributed by atoms with van der Waals surface area (Å²) in [6.07, 6.45) is 0. The number of nitrogens with zero attached hydrogens (tertiary/aromatic N) is 1. The molecule has 0 aliphatic carbocycles. The zero-order chi connectivity index (χ0) is 31.8. The van der Waals surface area contributed by atoms with Crippen molar-refractivity contribution < 1.29 is 17.6 Å². The molecule has 47 heavy (non-hydrogen) atoms. The Hall–Kier alpha value is -5.94. The molecule has 1 nitrogen and oxygen atoms in total. The number of halogens is 4. The fourth-order valence-electron chi connectivity index (χ4n) is 7.22. The average molecular weight is 618 g/mol. The van der Waals surface area contributed by atoms with E-state index in [0.29, 0.717) is 5.56 Å². The van der Waals surface area contributed by atoms with Gasteiger partial charge in [0.05, 0.1) is 5.69 Å². The van der Waals surface area contributed by atoms with Crippen molar-refractivity contribution in [2.45, 2.75) is 0 Å². The smallest absolute Gasteiger partial charge is 0.194 e. The molecule has 0 saturated carbocycles. The van der Waals surface area contributed by atoms with E-state index in [-0.39, 0.29) is 11.4 Å². The molecule has 9 aromatic rings. The summed E-state index contributed by atoms with van der Waals surface area (Å²) in [7, 11) is 0. The molecule has 0 fully saturated rings. The number of rotatable bonds is 4. The molecule has 9 rings (SSSR count). The second kappa shape index (κ2) is 10.3. The molecule has 0 unspecified atom stereocenters. The van der Waals surface area contributed by atoms with Gasteiger partial charge in [0.15, 0.2) is 17.5 Å². The van der Waals surface area contributed by atoms with Crippen LogP contribution >= 0.6 is 0 Å². The Bertz CT molecular complexity index is 2540. The molecule has 0 aliphatic rings. The van der Waals surface area contributed by atoms with Crippen molar-refractivity contribution in [3.05, 3.63) is 163 Å². The van der Waals surface area contributed by atoms with Gasteiger partial charge in [-0.25, -0.2) is 17.6 Å². The minimum Gasteiger partial charge on any atom is -0.309 e. The SMILES string of the molecule is Fc1ccc(N(c2cc3ccc4cccc5ccc(c2)c3c45)c2c3ccccc3c(-c3cc(F)c(F)c(F)c3)c3ccccc23)cc1. The third-order valence-corrected chi connectivity index (χ3v) is 9.19. The van der Waals surface area contributed by atoms with Gasteiger partial charge in [0.1, 0.15) is 5.82 Å². The van der Waals surface area contributed by atoms with Gasteiger partial charge in [-0.2, -0.15) is 0 Å². The lowest BCUT2D eigenvalue weighted by Gasteiger charge is -2.30. The van der Waals surface area contributed by atoms with Gasteiger partial charge in [-0.05, 0) is 103 Å². The van der Waals surface area contributed by atoms with Crippen molar-refractivity contribution in [1.29, 1.82) is 0 Å². The standard InChI is InChI=1S/C42H23F4N/c43-29-16-18-30(19-17-29)47(31-20-26-14-12-24-6-5-7-25-13-15-27(21-31)39(26)38(24)25)42-34-10-3-1-8-32(34)40(33-9-2-4-11-35(33)42)28-22-36(44)41(46)37(45)23-28/h1-23H. The highest BCUT2D eigenvalue weighted by Gasteiger charge is 2.24. The number of hydrogen-bond acceptors (Lipinski definition) is 1. The minimum absolute atomic E-state index is 0.233. The first-order chi connectivity index (χ1) is 23.0. The molecule has 0 heterocycles. The number of fused-ring (bicyclic) bond motifs is 2. The Morgan fingerprint density at radius 3 is 1.45 bits per heavy atom. The molecule has 0 aliphatic heterocycles. The maximum atomic E-state index is 14.6. The summed E-state index contributed by atoms with van der Waals surface area (Å²) in [4.78, 5) is 2.12. The van der Waals surface area contributed by atoms with E-state index in [2.05, 4.69) is 59.5 Å². The van der Waals surface area contributed by atoms with Crippen molar-refractivity contribution in [1.82, 2.24) is 0 Å². The van der Waals surface area contributed by atoms with Crippen LogP contribution in [-0.4, -0.2) is 0 Å². The van der Waals surface area contributed by atoms with Crippen LogP contribution in [0.2, 0.25) is 0 Å². The fraction of sp³-hybridized carbons (Fsp3) is 0. The summed E-state index contributed by atoms with van der Waals surface area (Å²) >= 11 is 0. The number of benzene rings is 9. The van der Waals surface area contributed by atoms with E-state index in [4.69, 9.17) is 0 Å². The first kappa shape index (κ1) is 27.4. The van der Waals surface area contributed by atoms with Crippen LogP contribution in [0.5, 0.6) is 0 Å². The molecule has 0 atom stereocenters. The van der Waals surface area contributed by atoms with Gasteiger partial charge in [-0.1, -0.05) is 91.0 Å². The molecule has 0 aromatic heterocycles. The molecule has 0 amide bonds. The second-order valence-corrected chi connectivity index (χ2v) is 11.9. The van der Waals surface area contributed by atoms with E-state index in [1.807, 2.05) is 48.5 Å². The number of anilines is 3. The molecule has 224 valence electrons. The van der Waals surface area contributed by atoms with E-state index < -0.39 is 17.5 Å². The predicted molar refractivity (Wildman–Crippen MR) is 185 cm³/mol. The summed E-state index contributed by atoms with van der Waals surface area (Å²) in [5.74, 6) is -4.36. The Labute approximate surface area is 266 Å². The third kappa shape index (κ3) is 4.16. The predicted octanol–water partition coefficient (Wildman–Crippen LogP) is 12.6. The Kier molecular flexibility index (Phi) is 6.00. The van der Waals surface area contributed by atoms with E-state index >= 15 is 0 Å². The zero-order valence-electron chi connectivity index (χ0n) is 24.7. The van der Waals surface area contributed by atoms with E-state index in [9.17, 15) is 17.6 Å². The largest absolute Gasteiger partial charge is 0.309 e. The second-order valence-electron chi connectivity index (χ2n) is 11.9. The van der Waals surface area contributed by atoms with E-state index in [1.54, 1.807) is 12.1 Å². The fourth-order valence-corrected chi connectivity index (χ4v) is 7.22. The Morgan fingerprint density at radius 1 is 0.404 bits per heavy atom. The van der Waals surface area contributed by atoms with Gasteiger partial charge in [0.2, 0.25) is 0 Å². The lowest BCUT2D eigenvalue weighted by molar-refractivity contribution is 0.448. The summed E-state index contributed by atoms with van der Waals surface area (Å²) < 4.78 is 57.8. The molecule has 0 saturated heterocycles. The highest BCUT2D eigenvalue weighted by atomic mass is 19.2. The van der Waals surface area contributed by atoms with Gasteiger partial charge >= 0.3 is 0 Å². The average Bonchev–Trinajstić information content (AvgIpc) is 3.10. The monoisotopic (exact) mass is 617 g/mol. The minimum atomic E-state index is -1.50. The Balaban J connectivity index is 1.41. The summed E-state index contributed by atoms with van der Waals surface area (Å²) in [5, 5.41) is 9.94. The summed E-state index contributed by atoms with van der Waals surface area (Å²) in [6, 6.07) is 43.0. The normalized spacial score (nSPS) is 11.8. The molecule has 0 bridgehead atoms. The van der Waals surface area contributed by atoms with Gasteiger partial charge in [-0.3, -0.25) is 0 Å². The van der Waals surface area contributed by atoms with E-state index in [0.717, 1.165) is 61.5 Å². The molecule has 5 heteroatoms. The first-order valence-corrected chi connectivity index (χ1v) is 15.3. The van der Waals surface area contributed by atoms with Crippen LogP contribution in [0.3, 0.4) is 0 Å². The topological polar surface area (TPSA) is 3.24 Å². The maximum Gasteiger partial charge on any atom is 0.194 e. The van der Waals surface area contributed by atoms with Crippen LogP contribution < -0.4 is 4.90 Å². The lowest BCUT2D eigenvalue weighted by atomic mass is 9.89. The van der Waals surface area contributed by atoms with Crippen LogP contribution in [0.1, 0.15) is 0 Å². The van der Waals surface area contributed by atoms with Crippen LogP contribution in [0.4, 0.5) is 34.6 Å². The Morgan fingerprint density at radius 2 is 0.894 bits per heavy atom. The quantitative estimate of drug-likeness (QED) is 0.0822. The molecule has 0 N–H and O–H groups in total. The molecule has 0 radical (unpaired) electrons. The molecule has 9 aromatic carbocycles. The highest BCUT2D eigenvalue weighted by Crippen LogP contribution is 2.49. The molecule has 0 spiro atoms. The third-order valence-electron chi connectivity index (χ3n) is 9.19. The van der Waals surface area contributed by atoms with Crippen molar-refractivity contribution in [2.24, 2.45) is 0 Å². The zero-order valence-corrected chi connectivity index (χ0v) is 24.7. The van der Waals surface area contributed by atoms with Crippen LogP contribution in [0.15, 0.2) is 140 Å². The summed E-state index contributed by atoms with van der Waals surface area (Å²) in [6.45, 7) is 0. The van der Waals surface area contributed by atoms with Crippen molar-refractivity contribution in [2.75, 3.05) is 4.90 Å². The van der Waals surface area contributed by atoms with Gasteiger partial charge in [0, 0.05) is 22.1 Å². The summed E-state index contributed by atoms with van der Waals surface area (Å²) in [5.41, 5.74) is 3.25. The highest BCUT2D eigenvalue weighted by molar-refractivity contribution is 6.25. The van der Waals surface area contributed by atoms with Crippen LogP contribution in [-0.2, 0) is 0 Å². The maximum absolute atomic E-state index is 14.6. The first-order valence-electron chi connectivity index (χ1n) is 15.3. The van der Waals surface area contributed by atoms with Crippen molar-refractivity contribution >= 4 is 70.9 Å². The van der Waals surface area contributed by atoms with Crippen LogP contribution in [0, 0.1) is 23.3 Å². The van der Waals surface area contributed by atoms with Gasteiger partial charge in [-0.15, -0.1) is 0 Å². The van der Waals surface area contributed by atoms with Gasteiger partial charge < -0.3 is 4.90 Å². The van der Waals surface area contributed by atoms with Crippen LogP contribution in [0.25, 0.3) is 65.0 Å².